The molecule has 5 heteroatoms. The molecule has 31 heavy (non-hydrogen) atoms. The van der Waals surface area contributed by atoms with Crippen LogP contribution in [0.1, 0.15) is 53.0 Å². The minimum absolute atomic E-state index is 0.108. The van der Waals surface area contributed by atoms with E-state index in [-0.39, 0.29) is 17.9 Å². The molecule has 0 saturated carbocycles. The third kappa shape index (κ3) is 3.99. The van der Waals surface area contributed by atoms with Crippen molar-refractivity contribution in [3.63, 3.8) is 0 Å². The molecule has 4 nitrogen and oxygen atoms in total. The lowest BCUT2D eigenvalue weighted by Crippen LogP contribution is -2.49. The first-order valence-corrected chi connectivity index (χ1v) is 11.9. The van der Waals surface area contributed by atoms with E-state index in [2.05, 4.69) is 27.9 Å². The molecule has 0 aromatic heterocycles. The van der Waals surface area contributed by atoms with Gasteiger partial charge in [-0.15, -0.1) is 0 Å². The van der Waals surface area contributed by atoms with Crippen molar-refractivity contribution in [2.75, 3.05) is 4.43 Å². The molecular weight excluding hydrogens is 499 g/mol. The summed E-state index contributed by atoms with van der Waals surface area (Å²) in [6.45, 7) is 4.01. The van der Waals surface area contributed by atoms with Crippen molar-refractivity contribution >= 4 is 34.4 Å². The maximum Gasteiger partial charge on any atom is 0.255 e. The lowest BCUT2D eigenvalue weighted by molar-refractivity contribution is -0.127. The third-order valence-electron chi connectivity index (χ3n) is 6.02. The molecule has 1 N–H and O–H groups in total. The number of nitrogens with one attached hydrogen (secondary N) is 1. The van der Waals surface area contributed by atoms with Gasteiger partial charge in [0.15, 0.2) is 0 Å². The van der Waals surface area contributed by atoms with E-state index < -0.39 is 11.6 Å². The molecule has 0 spiro atoms. The number of alkyl halides is 1. The minimum atomic E-state index is -0.676. The molecule has 3 aromatic rings. The van der Waals surface area contributed by atoms with E-state index in [9.17, 15) is 9.59 Å². The maximum atomic E-state index is 13.7. The first kappa shape index (κ1) is 21.6. The maximum absolute atomic E-state index is 13.7. The van der Waals surface area contributed by atoms with Crippen LogP contribution in [0, 0.1) is 0 Å². The van der Waals surface area contributed by atoms with Crippen LogP contribution in [-0.4, -0.2) is 21.1 Å². The van der Waals surface area contributed by atoms with Gasteiger partial charge in [-0.05, 0) is 36.6 Å². The van der Waals surface area contributed by atoms with Crippen molar-refractivity contribution < 1.29 is 9.59 Å². The Morgan fingerprint density at radius 2 is 1.58 bits per heavy atom. The zero-order valence-corrected chi connectivity index (χ0v) is 19.7. The molecule has 0 saturated heterocycles. The number of carbonyl (C=O) groups is 2. The number of carbonyl (C=O) groups excluding carboxylic acids is 2. The summed E-state index contributed by atoms with van der Waals surface area (Å²) in [5.74, 6) is -0.271. The van der Waals surface area contributed by atoms with Crippen molar-refractivity contribution in [3.05, 3.63) is 107 Å². The van der Waals surface area contributed by atoms with Gasteiger partial charge < -0.3 is 10.2 Å². The monoisotopic (exact) mass is 524 g/mol. The summed E-state index contributed by atoms with van der Waals surface area (Å²) < 4.78 is 0.705. The standard InChI is InChI=1S/C26H25IN2O2/c1-18(19-11-5-3-6-12-19)29-23(21-15-9-10-16-22(21)25(29)31)24(30)28-26(2,17-27)20-13-7-4-8-14-20/h3-16,18,23H,17H2,1-2H3,(H,28,30). The predicted molar refractivity (Wildman–Crippen MR) is 131 cm³/mol. The number of hydrogen-bond acceptors (Lipinski definition) is 2. The first-order valence-electron chi connectivity index (χ1n) is 10.4. The Hall–Kier alpha value is -2.67. The van der Waals surface area contributed by atoms with Crippen LogP contribution in [0.15, 0.2) is 84.9 Å². The van der Waals surface area contributed by atoms with Crippen LogP contribution in [0.5, 0.6) is 0 Å². The lowest BCUT2D eigenvalue weighted by atomic mass is 9.93. The van der Waals surface area contributed by atoms with Gasteiger partial charge in [0.2, 0.25) is 5.91 Å². The van der Waals surface area contributed by atoms with Crippen molar-refractivity contribution in [3.8, 4) is 0 Å². The molecule has 1 aliphatic rings. The Kier molecular flexibility index (Phi) is 6.14. The van der Waals surface area contributed by atoms with Crippen molar-refractivity contribution in [2.45, 2.75) is 31.5 Å². The van der Waals surface area contributed by atoms with Gasteiger partial charge in [0.1, 0.15) is 6.04 Å². The number of rotatable bonds is 6. The fraction of sp³-hybridized carbons (Fsp3) is 0.231. The number of nitrogens with zero attached hydrogens (tertiary/aromatic N) is 1. The summed E-state index contributed by atoms with van der Waals surface area (Å²) in [4.78, 5) is 28.8. The van der Waals surface area contributed by atoms with Crippen LogP contribution in [0.2, 0.25) is 0 Å². The van der Waals surface area contributed by atoms with E-state index >= 15 is 0 Å². The molecule has 158 valence electrons. The second-order valence-corrected chi connectivity index (χ2v) is 8.87. The summed E-state index contributed by atoms with van der Waals surface area (Å²) in [6, 6.07) is 26.3. The molecule has 0 radical (unpaired) electrons. The highest BCUT2D eigenvalue weighted by Gasteiger charge is 2.45. The molecule has 3 unspecified atom stereocenters. The quantitative estimate of drug-likeness (QED) is 0.346. The van der Waals surface area contributed by atoms with Gasteiger partial charge in [0.25, 0.3) is 5.91 Å². The normalized spacial score (nSPS) is 18.2. The van der Waals surface area contributed by atoms with E-state index in [1.165, 1.54) is 0 Å². The van der Waals surface area contributed by atoms with Crippen molar-refractivity contribution in [1.29, 1.82) is 0 Å². The van der Waals surface area contributed by atoms with Crippen LogP contribution in [0.25, 0.3) is 0 Å². The second kappa shape index (κ2) is 8.83. The van der Waals surface area contributed by atoms with Gasteiger partial charge in [-0.25, -0.2) is 0 Å². The smallest absolute Gasteiger partial charge is 0.255 e. The minimum Gasteiger partial charge on any atom is -0.344 e. The largest absolute Gasteiger partial charge is 0.344 e. The fourth-order valence-electron chi connectivity index (χ4n) is 4.22. The first-order chi connectivity index (χ1) is 15.0. The number of halogens is 1. The third-order valence-corrected chi connectivity index (χ3v) is 7.55. The van der Waals surface area contributed by atoms with Crippen LogP contribution in [0.4, 0.5) is 0 Å². The van der Waals surface area contributed by atoms with Gasteiger partial charge in [-0.3, -0.25) is 9.59 Å². The molecule has 3 aromatic carbocycles. The van der Waals surface area contributed by atoms with E-state index in [0.717, 1.165) is 16.7 Å². The summed E-state index contributed by atoms with van der Waals surface area (Å²) in [7, 11) is 0. The predicted octanol–water partition coefficient (Wildman–Crippen LogP) is 5.41. The molecule has 1 heterocycles. The van der Waals surface area contributed by atoms with Gasteiger partial charge >= 0.3 is 0 Å². The van der Waals surface area contributed by atoms with Crippen molar-refractivity contribution in [2.24, 2.45) is 0 Å². The summed E-state index contributed by atoms with van der Waals surface area (Å²) >= 11 is 2.30. The summed E-state index contributed by atoms with van der Waals surface area (Å²) in [5.41, 5.74) is 2.86. The Bertz CT molecular complexity index is 1090. The highest BCUT2D eigenvalue weighted by atomic mass is 127. The lowest BCUT2D eigenvalue weighted by Gasteiger charge is -2.35. The molecule has 2 amide bonds. The molecular formula is C26H25IN2O2. The van der Waals surface area contributed by atoms with E-state index in [1.54, 1.807) is 4.90 Å². The number of amides is 2. The van der Waals surface area contributed by atoms with E-state index in [0.29, 0.717) is 9.99 Å². The van der Waals surface area contributed by atoms with Crippen LogP contribution in [0.3, 0.4) is 0 Å². The Morgan fingerprint density at radius 1 is 1.00 bits per heavy atom. The molecule has 0 fully saturated rings. The fourth-order valence-corrected chi connectivity index (χ4v) is 4.86. The molecule has 4 rings (SSSR count). The van der Waals surface area contributed by atoms with Crippen molar-refractivity contribution in [1.82, 2.24) is 10.2 Å². The second-order valence-electron chi connectivity index (χ2n) is 8.11. The zero-order valence-electron chi connectivity index (χ0n) is 17.6. The van der Waals surface area contributed by atoms with Gasteiger partial charge in [0.05, 0.1) is 11.6 Å². The highest BCUT2D eigenvalue weighted by molar-refractivity contribution is 14.1. The van der Waals surface area contributed by atoms with Gasteiger partial charge in [-0.2, -0.15) is 0 Å². The molecule has 0 aliphatic carbocycles. The Balaban J connectivity index is 1.72. The van der Waals surface area contributed by atoms with Crippen LogP contribution >= 0.6 is 22.6 Å². The summed E-state index contributed by atoms with van der Waals surface area (Å²) in [5, 5.41) is 3.26. The summed E-state index contributed by atoms with van der Waals surface area (Å²) in [6.07, 6.45) is 0. The molecule has 1 aliphatic heterocycles. The van der Waals surface area contributed by atoms with Crippen LogP contribution < -0.4 is 5.32 Å². The SMILES string of the molecule is CC(c1ccccc1)N1C(=O)c2ccccc2C1C(=O)NC(C)(CI)c1ccccc1. The molecule has 3 atom stereocenters. The number of fused-ring (bicyclic) bond motifs is 1. The van der Waals surface area contributed by atoms with Gasteiger partial charge in [0, 0.05) is 9.99 Å². The highest BCUT2D eigenvalue weighted by Crippen LogP contribution is 2.40. The average molecular weight is 524 g/mol. The van der Waals surface area contributed by atoms with E-state index in [4.69, 9.17) is 0 Å². The number of benzene rings is 3. The number of hydrogen-bond donors (Lipinski definition) is 1. The topological polar surface area (TPSA) is 49.4 Å². The zero-order chi connectivity index (χ0) is 22.0. The van der Waals surface area contributed by atoms with Crippen LogP contribution in [-0.2, 0) is 10.3 Å². The Labute approximate surface area is 196 Å². The Morgan fingerprint density at radius 3 is 2.23 bits per heavy atom. The average Bonchev–Trinajstić information content (AvgIpc) is 3.12. The molecule has 0 bridgehead atoms. The van der Waals surface area contributed by atoms with E-state index in [1.807, 2.05) is 98.8 Å². The van der Waals surface area contributed by atoms with Gasteiger partial charge in [-0.1, -0.05) is 101 Å².